The second-order valence-corrected chi connectivity index (χ2v) is 5.91. The minimum Gasteiger partial charge on any atom is -0.361 e. The van der Waals surface area contributed by atoms with E-state index in [9.17, 15) is 9.18 Å². The molecule has 1 aromatic heterocycles. The van der Waals surface area contributed by atoms with Gasteiger partial charge >= 0.3 is 0 Å². The Kier molecular flexibility index (Phi) is 4.52. The summed E-state index contributed by atoms with van der Waals surface area (Å²) < 4.78 is 14.3. The number of nitrogens with zero attached hydrogens (tertiary/aromatic N) is 1. The summed E-state index contributed by atoms with van der Waals surface area (Å²) in [6.07, 6.45) is 3.29. The lowest BCUT2D eigenvalue weighted by atomic mass is 10.1. The maximum Gasteiger partial charge on any atom is 0.244 e. The van der Waals surface area contributed by atoms with Crippen molar-refractivity contribution in [2.24, 2.45) is 5.10 Å². The van der Waals surface area contributed by atoms with Crippen LogP contribution in [0.2, 0.25) is 0 Å². The highest BCUT2D eigenvalue weighted by atomic mass is 79.9. The third-order valence-electron chi connectivity index (χ3n) is 3.38. The Morgan fingerprint density at radius 2 is 2.13 bits per heavy atom. The first-order chi connectivity index (χ1) is 11.1. The topological polar surface area (TPSA) is 57.2 Å². The standard InChI is InChI=1S/C17H13BrFN3O/c18-13-5-6-15(19)12(7-13)10-21-22-17(23)8-11-9-20-16-4-2-1-3-14(11)16/h1-7,9-10,20H,8H2,(H,22,23)/b21-10+. The predicted molar refractivity (Wildman–Crippen MR) is 91.8 cm³/mol. The fourth-order valence-corrected chi connectivity index (χ4v) is 2.66. The number of H-pyrrole nitrogens is 1. The zero-order chi connectivity index (χ0) is 16.2. The van der Waals surface area contributed by atoms with Crippen molar-refractivity contribution in [1.29, 1.82) is 0 Å². The second-order valence-electron chi connectivity index (χ2n) is 5.00. The van der Waals surface area contributed by atoms with Gasteiger partial charge in [0, 0.05) is 27.1 Å². The van der Waals surface area contributed by atoms with Crippen LogP contribution < -0.4 is 5.43 Å². The number of aromatic nitrogens is 1. The van der Waals surface area contributed by atoms with Gasteiger partial charge in [0.05, 0.1) is 12.6 Å². The molecule has 0 saturated carbocycles. The SMILES string of the molecule is O=C(Cc1c[nH]c2ccccc12)N/N=C/c1cc(Br)ccc1F. The van der Waals surface area contributed by atoms with Gasteiger partial charge in [0.1, 0.15) is 5.82 Å². The van der Waals surface area contributed by atoms with Gasteiger partial charge in [-0.05, 0) is 29.8 Å². The fraction of sp³-hybridized carbons (Fsp3) is 0.0588. The summed E-state index contributed by atoms with van der Waals surface area (Å²) in [4.78, 5) is 15.1. The van der Waals surface area contributed by atoms with Gasteiger partial charge in [-0.3, -0.25) is 4.79 Å². The first-order valence-electron chi connectivity index (χ1n) is 6.95. The number of halogens is 2. The highest BCUT2D eigenvalue weighted by Crippen LogP contribution is 2.18. The van der Waals surface area contributed by atoms with Gasteiger partial charge in [-0.15, -0.1) is 0 Å². The molecule has 0 saturated heterocycles. The summed E-state index contributed by atoms with van der Waals surface area (Å²) in [5, 5.41) is 4.81. The van der Waals surface area contributed by atoms with Crippen LogP contribution in [0.15, 0.2) is 58.2 Å². The molecule has 0 bridgehead atoms. The number of aromatic amines is 1. The van der Waals surface area contributed by atoms with Crippen molar-refractivity contribution in [3.63, 3.8) is 0 Å². The Bertz CT molecular complexity index is 888. The molecule has 0 aliphatic rings. The lowest BCUT2D eigenvalue weighted by molar-refractivity contribution is -0.120. The Labute approximate surface area is 140 Å². The number of hydrogen-bond donors (Lipinski definition) is 2. The molecular weight excluding hydrogens is 361 g/mol. The molecule has 3 rings (SSSR count). The van der Waals surface area contributed by atoms with Crippen molar-refractivity contribution in [3.8, 4) is 0 Å². The fourth-order valence-electron chi connectivity index (χ4n) is 2.28. The first-order valence-corrected chi connectivity index (χ1v) is 7.75. The summed E-state index contributed by atoms with van der Waals surface area (Å²) >= 11 is 3.26. The molecule has 116 valence electrons. The number of carbonyl (C=O) groups excluding carboxylic acids is 1. The lowest BCUT2D eigenvalue weighted by Gasteiger charge is -2.00. The van der Waals surface area contributed by atoms with Crippen molar-refractivity contribution in [3.05, 3.63) is 70.1 Å². The molecule has 3 aromatic rings. The van der Waals surface area contributed by atoms with Crippen molar-refractivity contribution in [1.82, 2.24) is 10.4 Å². The third kappa shape index (κ3) is 3.65. The molecule has 0 fully saturated rings. The summed E-state index contributed by atoms with van der Waals surface area (Å²) in [6, 6.07) is 12.3. The number of benzene rings is 2. The van der Waals surface area contributed by atoms with Gasteiger partial charge in [-0.25, -0.2) is 9.82 Å². The van der Waals surface area contributed by atoms with E-state index in [1.54, 1.807) is 12.1 Å². The number of hydrazone groups is 1. The zero-order valence-corrected chi connectivity index (χ0v) is 13.6. The molecular formula is C17H13BrFN3O. The monoisotopic (exact) mass is 373 g/mol. The minimum atomic E-state index is -0.400. The van der Waals surface area contributed by atoms with E-state index in [0.29, 0.717) is 5.56 Å². The molecule has 0 aliphatic carbocycles. The number of fused-ring (bicyclic) bond motifs is 1. The molecule has 2 aromatic carbocycles. The number of hydrogen-bond acceptors (Lipinski definition) is 2. The molecule has 0 radical (unpaired) electrons. The zero-order valence-electron chi connectivity index (χ0n) is 12.0. The molecule has 23 heavy (non-hydrogen) atoms. The molecule has 4 nitrogen and oxygen atoms in total. The maximum absolute atomic E-state index is 13.5. The number of carbonyl (C=O) groups is 1. The van der Waals surface area contributed by atoms with Crippen LogP contribution in [0.4, 0.5) is 4.39 Å². The Balaban J connectivity index is 1.66. The van der Waals surface area contributed by atoms with Gasteiger partial charge < -0.3 is 4.98 Å². The van der Waals surface area contributed by atoms with E-state index in [0.717, 1.165) is 20.9 Å². The summed E-state index contributed by atoms with van der Waals surface area (Å²) in [6.45, 7) is 0. The van der Waals surface area contributed by atoms with Crippen molar-refractivity contribution in [2.75, 3.05) is 0 Å². The average molecular weight is 374 g/mol. The van der Waals surface area contributed by atoms with Crippen LogP contribution in [-0.2, 0) is 11.2 Å². The normalized spacial score (nSPS) is 11.2. The first kappa shape index (κ1) is 15.4. The van der Waals surface area contributed by atoms with E-state index >= 15 is 0 Å². The molecule has 0 unspecified atom stereocenters. The number of nitrogens with one attached hydrogen (secondary N) is 2. The van der Waals surface area contributed by atoms with Gasteiger partial charge in [0.15, 0.2) is 0 Å². The second kappa shape index (κ2) is 6.75. The summed E-state index contributed by atoms with van der Waals surface area (Å²) in [7, 11) is 0. The van der Waals surface area contributed by atoms with E-state index < -0.39 is 5.82 Å². The lowest BCUT2D eigenvalue weighted by Crippen LogP contribution is -2.19. The molecule has 1 amide bonds. The molecule has 0 aliphatic heterocycles. The van der Waals surface area contributed by atoms with Crippen LogP contribution in [0.3, 0.4) is 0 Å². The average Bonchev–Trinajstić information content (AvgIpc) is 2.94. The minimum absolute atomic E-state index is 0.197. The summed E-state index contributed by atoms with van der Waals surface area (Å²) in [5.74, 6) is -0.663. The smallest absolute Gasteiger partial charge is 0.244 e. The molecule has 0 spiro atoms. The Hall–Kier alpha value is -2.47. The molecule has 0 atom stereocenters. The maximum atomic E-state index is 13.5. The Morgan fingerprint density at radius 1 is 1.30 bits per heavy atom. The van der Waals surface area contributed by atoms with E-state index in [1.807, 2.05) is 30.5 Å². The van der Waals surface area contributed by atoms with Gasteiger partial charge in [0.2, 0.25) is 5.91 Å². The molecule has 2 N–H and O–H groups in total. The highest BCUT2D eigenvalue weighted by molar-refractivity contribution is 9.10. The number of amides is 1. The van der Waals surface area contributed by atoms with Crippen molar-refractivity contribution >= 4 is 39.0 Å². The van der Waals surface area contributed by atoms with E-state index in [4.69, 9.17) is 0 Å². The predicted octanol–water partition coefficient (Wildman–Crippen LogP) is 3.76. The third-order valence-corrected chi connectivity index (χ3v) is 3.87. The molecule has 1 heterocycles. The van der Waals surface area contributed by atoms with Crippen LogP contribution in [0, 0.1) is 5.82 Å². The van der Waals surface area contributed by atoms with Crippen molar-refractivity contribution in [2.45, 2.75) is 6.42 Å². The number of para-hydroxylation sites is 1. The molecule has 6 heteroatoms. The van der Waals surface area contributed by atoms with Crippen LogP contribution >= 0.6 is 15.9 Å². The van der Waals surface area contributed by atoms with Gasteiger partial charge in [-0.1, -0.05) is 34.1 Å². The van der Waals surface area contributed by atoms with E-state index in [2.05, 4.69) is 31.4 Å². The van der Waals surface area contributed by atoms with Crippen LogP contribution in [0.1, 0.15) is 11.1 Å². The van der Waals surface area contributed by atoms with Crippen LogP contribution in [0.25, 0.3) is 10.9 Å². The number of rotatable bonds is 4. The van der Waals surface area contributed by atoms with E-state index in [-0.39, 0.29) is 12.3 Å². The largest absolute Gasteiger partial charge is 0.361 e. The van der Waals surface area contributed by atoms with Crippen LogP contribution in [0.5, 0.6) is 0 Å². The summed E-state index contributed by atoms with van der Waals surface area (Å²) in [5.41, 5.74) is 4.59. The van der Waals surface area contributed by atoms with Crippen molar-refractivity contribution < 1.29 is 9.18 Å². The van der Waals surface area contributed by atoms with Crippen LogP contribution in [-0.4, -0.2) is 17.1 Å². The highest BCUT2D eigenvalue weighted by Gasteiger charge is 2.07. The Morgan fingerprint density at radius 3 is 3.00 bits per heavy atom. The van der Waals surface area contributed by atoms with Gasteiger partial charge in [0.25, 0.3) is 0 Å². The van der Waals surface area contributed by atoms with E-state index in [1.165, 1.54) is 12.3 Å². The van der Waals surface area contributed by atoms with Gasteiger partial charge in [-0.2, -0.15) is 5.10 Å². The quantitative estimate of drug-likeness (QED) is 0.530.